The molecular formula is C29H34N8O3. The van der Waals surface area contributed by atoms with Gasteiger partial charge in [0.2, 0.25) is 11.9 Å². The summed E-state index contributed by atoms with van der Waals surface area (Å²) in [5.74, 6) is 1.13. The third kappa shape index (κ3) is 5.41. The number of anilines is 6. The lowest BCUT2D eigenvalue weighted by Gasteiger charge is -2.34. The van der Waals surface area contributed by atoms with Gasteiger partial charge in [-0.15, -0.1) is 0 Å². The molecule has 0 aliphatic carbocycles. The number of hydrogen-bond acceptors (Lipinski definition) is 8. The number of ether oxygens (including phenoxy) is 1. The normalized spacial score (nSPS) is 16.7. The van der Waals surface area contributed by atoms with E-state index in [9.17, 15) is 9.59 Å². The summed E-state index contributed by atoms with van der Waals surface area (Å²) in [4.78, 5) is 42.1. The van der Waals surface area contributed by atoms with Crippen LogP contribution in [0, 0.1) is 0 Å². The van der Waals surface area contributed by atoms with Gasteiger partial charge in [-0.25, -0.2) is 14.7 Å². The van der Waals surface area contributed by atoms with Crippen molar-refractivity contribution >= 4 is 46.5 Å². The molecule has 11 heteroatoms. The molecule has 3 aromatic rings. The maximum Gasteiger partial charge on any atom is 0.330 e. The molecule has 40 heavy (non-hydrogen) atoms. The van der Waals surface area contributed by atoms with E-state index < -0.39 is 0 Å². The second-order valence-corrected chi connectivity index (χ2v) is 10.1. The number of carbonyl (C=O) groups excluding carboxylic acids is 2. The summed E-state index contributed by atoms with van der Waals surface area (Å²) in [6.07, 6.45) is 4.03. The Hall–Kier alpha value is -4.64. The number of fused-ring (bicyclic) bond motifs is 1. The first kappa shape index (κ1) is 26.9. The van der Waals surface area contributed by atoms with Gasteiger partial charge in [-0.3, -0.25) is 4.79 Å². The van der Waals surface area contributed by atoms with Crippen LogP contribution in [0.25, 0.3) is 0 Å². The summed E-state index contributed by atoms with van der Waals surface area (Å²) in [5, 5.41) is 6.00. The molecule has 2 N–H and O–H groups in total. The number of benzene rings is 2. The molecule has 1 atom stereocenters. The topological polar surface area (TPSA) is 106 Å². The zero-order valence-corrected chi connectivity index (χ0v) is 23.2. The predicted octanol–water partition coefficient (Wildman–Crippen LogP) is 4.20. The van der Waals surface area contributed by atoms with Crippen molar-refractivity contribution in [1.82, 2.24) is 19.8 Å². The molecule has 0 unspecified atom stereocenters. The van der Waals surface area contributed by atoms with E-state index in [-0.39, 0.29) is 11.9 Å². The minimum absolute atomic E-state index is 0.243. The first-order valence-corrected chi connectivity index (χ1v) is 13.1. The number of rotatable bonds is 8. The maximum absolute atomic E-state index is 13.3. The van der Waals surface area contributed by atoms with Crippen molar-refractivity contribution < 1.29 is 14.3 Å². The van der Waals surface area contributed by atoms with Gasteiger partial charge in [0.25, 0.3) is 0 Å². The van der Waals surface area contributed by atoms with E-state index in [1.807, 2.05) is 12.1 Å². The van der Waals surface area contributed by atoms with E-state index in [0.717, 1.165) is 36.4 Å². The van der Waals surface area contributed by atoms with Crippen molar-refractivity contribution in [3.8, 4) is 5.75 Å². The summed E-state index contributed by atoms with van der Waals surface area (Å²) in [6.45, 7) is 5.82. The van der Waals surface area contributed by atoms with Gasteiger partial charge in [0.05, 0.1) is 25.0 Å². The van der Waals surface area contributed by atoms with Crippen molar-refractivity contribution in [2.45, 2.75) is 19.0 Å². The van der Waals surface area contributed by atoms with Crippen LogP contribution in [0.2, 0.25) is 0 Å². The monoisotopic (exact) mass is 542 g/mol. The van der Waals surface area contributed by atoms with Crippen molar-refractivity contribution in [2.75, 3.05) is 61.8 Å². The van der Waals surface area contributed by atoms with E-state index in [2.05, 4.69) is 52.2 Å². The smallest absolute Gasteiger partial charge is 0.330 e. The summed E-state index contributed by atoms with van der Waals surface area (Å²) in [6, 6.07) is 13.4. The molecular weight excluding hydrogens is 508 g/mol. The van der Waals surface area contributed by atoms with Gasteiger partial charge in [0.15, 0.2) is 5.82 Å². The molecule has 1 fully saturated rings. The summed E-state index contributed by atoms with van der Waals surface area (Å²) >= 11 is 0. The molecule has 2 aliphatic heterocycles. The highest BCUT2D eigenvalue weighted by atomic mass is 16.5. The van der Waals surface area contributed by atoms with Crippen LogP contribution < -0.4 is 25.2 Å². The second-order valence-electron chi connectivity index (χ2n) is 10.1. The van der Waals surface area contributed by atoms with Crippen LogP contribution >= 0.6 is 0 Å². The molecule has 0 bridgehead atoms. The molecule has 0 spiro atoms. The molecule has 3 heterocycles. The minimum Gasteiger partial charge on any atom is -0.494 e. The summed E-state index contributed by atoms with van der Waals surface area (Å²) < 4.78 is 5.71. The fourth-order valence-corrected chi connectivity index (χ4v) is 4.99. The molecule has 0 saturated carbocycles. The van der Waals surface area contributed by atoms with Crippen molar-refractivity contribution in [2.24, 2.45) is 0 Å². The Morgan fingerprint density at radius 1 is 1.20 bits per heavy atom. The van der Waals surface area contributed by atoms with E-state index in [1.165, 1.54) is 11.0 Å². The SMILES string of the molecule is C=CC(=O)Nc1cccc(N2C(=O)N(C)Cc3cnc(Nc4ccc(N5CC[C@@H](N(C)C)C5)cc4OC)nc32)c1. The van der Waals surface area contributed by atoms with Gasteiger partial charge < -0.3 is 30.1 Å². The number of aromatic nitrogens is 2. The Morgan fingerprint density at radius 3 is 2.75 bits per heavy atom. The van der Waals surface area contributed by atoms with E-state index in [1.54, 1.807) is 49.5 Å². The Balaban J connectivity index is 1.43. The van der Waals surface area contributed by atoms with E-state index in [4.69, 9.17) is 9.72 Å². The highest BCUT2D eigenvalue weighted by Crippen LogP contribution is 2.36. The Kier molecular flexibility index (Phi) is 7.56. The molecule has 1 aromatic heterocycles. The molecule has 11 nitrogen and oxygen atoms in total. The molecule has 2 aromatic carbocycles. The zero-order valence-electron chi connectivity index (χ0n) is 23.2. The van der Waals surface area contributed by atoms with Crippen LogP contribution in [0.3, 0.4) is 0 Å². The Labute approximate surface area is 234 Å². The van der Waals surface area contributed by atoms with Gasteiger partial charge in [-0.05, 0) is 56.9 Å². The van der Waals surface area contributed by atoms with Crippen LogP contribution in [-0.2, 0) is 11.3 Å². The number of likely N-dealkylation sites (N-methyl/N-ethyl adjacent to an activating group) is 1. The van der Waals surface area contributed by atoms with Crippen molar-refractivity contribution in [1.29, 1.82) is 0 Å². The lowest BCUT2D eigenvalue weighted by molar-refractivity contribution is -0.111. The first-order valence-electron chi connectivity index (χ1n) is 13.1. The number of methoxy groups -OCH3 is 1. The van der Waals surface area contributed by atoms with E-state index in [0.29, 0.717) is 41.5 Å². The van der Waals surface area contributed by atoms with Crippen LogP contribution in [0.4, 0.5) is 39.3 Å². The lowest BCUT2D eigenvalue weighted by Crippen LogP contribution is -2.43. The molecule has 208 valence electrons. The van der Waals surface area contributed by atoms with Crippen LogP contribution in [0.15, 0.2) is 61.3 Å². The van der Waals surface area contributed by atoms with Gasteiger partial charge in [0, 0.05) is 55.4 Å². The average Bonchev–Trinajstić information content (AvgIpc) is 3.45. The second kappa shape index (κ2) is 11.2. The van der Waals surface area contributed by atoms with Crippen molar-refractivity contribution in [3.05, 3.63) is 66.9 Å². The zero-order chi connectivity index (χ0) is 28.4. The van der Waals surface area contributed by atoms with Crippen molar-refractivity contribution in [3.63, 3.8) is 0 Å². The van der Waals surface area contributed by atoms with Crippen LogP contribution in [0.1, 0.15) is 12.0 Å². The number of nitrogens with zero attached hydrogens (tertiary/aromatic N) is 6. The van der Waals surface area contributed by atoms with Gasteiger partial charge in [0.1, 0.15) is 5.75 Å². The molecule has 5 rings (SSSR count). The summed E-state index contributed by atoms with van der Waals surface area (Å²) in [7, 11) is 7.59. The highest BCUT2D eigenvalue weighted by molar-refractivity contribution is 6.03. The molecule has 1 saturated heterocycles. The lowest BCUT2D eigenvalue weighted by atomic mass is 10.2. The van der Waals surface area contributed by atoms with Crippen LogP contribution in [-0.4, -0.2) is 79.1 Å². The van der Waals surface area contributed by atoms with Gasteiger partial charge >= 0.3 is 6.03 Å². The largest absolute Gasteiger partial charge is 0.494 e. The first-order chi connectivity index (χ1) is 19.3. The quantitative estimate of drug-likeness (QED) is 0.408. The van der Waals surface area contributed by atoms with E-state index >= 15 is 0 Å². The minimum atomic E-state index is -0.337. The molecule has 2 aliphatic rings. The third-order valence-corrected chi connectivity index (χ3v) is 7.23. The molecule has 0 radical (unpaired) electrons. The van der Waals surface area contributed by atoms with Crippen LogP contribution in [0.5, 0.6) is 5.75 Å². The third-order valence-electron chi connectivity index (χ3n) is 7.23. The fraction of sp³-hybridized carbons (Fsp3) is 0.310. The number of carbonyl (C=O) groups is 2. The number of urea groups is 1. The predicted molar refractivity (Wildman–Crippen MR) is 157 cm³/mol. The maximum atomic E-state index is 13.3. The number of amides is 3. The van der Waals surface area contributed by atoms with Gasteiger partial charge in [-0.1, -0.05) is 12.6 Å². The number of nitrogens with one attached hydrogen (secondary N) is 2. The highest BCUT2D eigenvalue weighted by Gasteiger charge is 2.32. The fourth-order valence-electron chi connectivity index (χ4n) is 4.99. The average molecular weight is 543 g/mol. The Bertz CT molecular complexity index is 1440. The molecule has 3 amide bonds. The number of hydrogen-bond donors (Lipinski definition) is 2. The van der Waals surface area contributed by atoms with Gasteiger partial charge in [-0.2, -0.15) is 4.98 Å². The summed E-state index contributed by atoms with van der Waals surface area (Å²) in [5.41, 5.74) is 3.71. The Morgan fingerprint density at radius 2 is 2.02 bits per heavy atom. The standard InChI is InChI=1S/C29H34N8O3/c1-6-26(38)31-20-8-7-9-22(14-20)37-27-19(17-35(4)29(37)39)16-30-28(33-27)32-24-11-10-21(15-25(24)40-5)36-13-12-23(18-36)34(2)3/h6-11,14-16,23H,1,12-13,17-18H2,2-5H3,(H,31,38)(H,30,32,33)/t23-/m1/s1.